The monoisotopic (exact) mass is 268 g/mol. The molecular formula is C13H10ClFO3. The van der Waals surface area contributed by atoms with Crippen molar-refractivity contribution in [2.75, 3.05) is 7.11 Å². The summed E-state index contributed by atoms with van der Waals surface area (Å²) in [6, 6.07) is 7.05. The summed E-state index contributed by atoms with van der Waals surface area (Å²) in [7, 11) is 1.53. The van der Waals surface area contributed by atoms with E-state index in [-0.39, 0.29) is 23.0 Å². The smallest absolute Gasteiger partial charge is 0.228 e. The lowest BCUT2D eigenvalue weighted by atomic mass is 10.1. The van der Waals surface area contributed by atoms with Gasteiger partial charge in [0, 0.05) is 12.7 Å². The molecule has 0 fully saturated rings. The average Bonchev–Trinajstić information content (AvgIpc) is 2.81. The molecule has 0 N–H and O–H groups in total. The van der Waals surface area contributed by atoms with Crippen molar-refractivity contribution < 1.29 is 18.3 Å². The summed E-state index contributed by atoms with van der Waals surface area (Å²) < 4.78 is 23.4. The molecule has 0 radical (unpaired) electrons. The van der Waals surface area contributed by atoms with E-state index in [2.05, 4.69) is 0 Å². The molecule has 94 valence electrons. The second-order valence-electron chi connectivity index (χ2n) is 3.66. The zero-order valence-corrected chi connectivity index (χ0v) is 10.3. The van der Waals surface area contributed by atoms with Crippen LogP contribution in [0, 0.1) is 5.82 Å². The fourth-order valence-electron chi connectivity index (χ4n) is 1.50. The minimum absolute atomic E-state index is 0.0222. The van der Waals surface area contributed by atoms with Crippen LogP contribution in [-0.2, 0) is 11.3 Å². The standard InChI is InChI=1S/C13H10ClFO3/c1-17-7-9-3-5-12(18-9)13(16)8-2-4-10(14)11(15)6-8/h2-6H,7H2,1H3. The highest BCUT2D eigenvalue weighted by Crippen LogP contribution is 2.19. The Labute approximate surface area is 108 Å². The lowest BCUT2D eigenvalue weighted by Gasteiger charge is -1.99. The Kier molecular flexibility index (Phi) is 3.79. The van der Waals surface area contributed by atoms with Crippen molar-refractivity contribution in [1.29, 1.82) is 0 Å². The number of methoxy groups -OCH3 is 1. The molecule has 3 nitrogen and oxygen atoms in total. The lowest BCUT2D eigenvalue weighted by Crippen LogP contribution is -2.00. The van der Waals surface area contributed by atoms with Crippen LogP contribution < -0.4 is 0 Å². The van der Waals surface area contributed by atoms with E-state index in [9.17, 15) is 9.18 Å². The molecule has 2 aromatic rings. The Balaban J connectivity index is 2.26. The molecule has 1 aromatic carbocycles. The van der Waals surface area contributed by atoms with Crippen molar-refractivity contribution in [1.82, 2.24) is 0 Å². The first-order chi connectivity index (χ1) is 8.61. The third-order valence-corrected chi connectivity index (χ3v) is 2.66. The zero-order valence-electron chi connectivity index (χ0n) is 9.57. The number of rotatable bonds is 4. The highest BCUT2D eigenvalue weighted by Gasteiger charge is 2.15. The number of benzene rings is 1. The zero-order chi connectivity index (χ0) is 13.1. The maximum atomic E-state index is 13.2. The molecule has 0 aliphatic heterocycles. The molecule has 0 aliphatic carbocycles. The Morgan fingerprint density at radius 2 is 2.17 bits per heavy atom. The molecule has 0 aliphatic rings. The van der Waals surface area contributed by atoms with Gasteiger partial charge >= 0.3 is 0 Å². The van der Waals surface area contributed by atoms with Crippen LogP contribution in [0.1, 0.15) is 21.9 Å². The van der Waals surface area contributed by atoms with Crippen LogP contribution >= 0.6 is 11.6 Å². The Bertz CT molecular complexity index is 577. The Morgan fingerprint density at radius 3 is 2.83 bits per heavy atom. The first-order valence-corrected chi connectivity index (χ1v) is 5.57. The molecule has 0 atom stereocenters. The summed E-state index contributed by atoms with van der Waals surface area (Å²) in [6.07, 6.45) is 0. The SMILES string of the molecule is COCc1ccc(C(=O)c2ccc(Cl)c(F)c2)o1. The molecular weight excluding hydrogens is 259 g/mol. The predicted molar refractivity (Wildman–Crippen MR) is 64.3 cm³/mol. The quantitative estimate of drug-likeness (QED) is 0.797. The molecule has 1 aromatic heterocycles. The van der Waals surface area contributed by atoms with Gasteiger partial charge in [-0.05, 0) is 30.3 Å². The Morgan fingerprint density at radius 1 is 1.39 bits per heavy atom. The van der Waals surface area contributed by atoms with E-state index in [4.69, 9.17) is 20.8 Å². The van der Waals surface area contributed by atoms with Gasteiger partial charge < -0.3 is 9.15 Å². The maximum Gasteiger partial charge on any atom is 0.228 e. The van der Waals surface area contributed by atoms with Crippen molar-refractivity contribution in [2.24, 2.45) is 0 Å². The topological polar surface area (TPSA) is 39.4 Å². The number of furan rings is 1. The van der Waals surface area contributed by atoms with Crippen LogP contribution in [-0.4, -0.2) is 12.9 Å². The summed E-state index contributed by atoms with van der Waals surface area (Å²) in [5.74, 6) is -0.349. The number of ether oxygens (including phenoxy) is 1. The maximum absolute atomic E-state index is 13.2. The molecule has 5 heteroatoms. The normalized spacial score (nSPS) is 10.6. The third-order valence-electron chi connectivity index (χ3n) is 2.35. The van der Waals surface area contributed by atoms with Gasteiger partial charge in [0.1, 0.15) is 18.2 Å². The minimum Gasteiger partial charge on any atom is -0.455 e. The molecule has 0 saturated heterocycles. The largest absolute Gasteiger partial charge is 0.455 e. The van der Waals surface area contributed by atoms with Crippen molar-refractivity contribution >= 4 is 17.4 Å². The summed E-state index contributed by atoms with van der Waals surface area (Å²) in [5.41, 5.74) is 0.190. The molecule has 0 saturated carbocycles. The number of hydrogen-bond donors (Lipinski definition) is 0. The van der Waals surface area contributed by atoms with Gasteiger partial charge in [-0.25, -0.2) is 4.39 Å². The van der Waals surface area contributed by atoms with E-state index in [1.807, 2.05) is 0 Å². The van der Waals surface area contributed by atoms with E-state index in [0.29, 0.717) is 5.76 Å². The fraction of sp³-hybridized carbons (Fsp3) is 0.154. The summed E-state index contributed by atoms with van der Waals surface area (Å²) >= 11 is 5.55. The lowest BCUT2D eigenvalue weighted by molar-refractivity contribution is 0.0999. The van der Waals surface area contributed by atoms with Gasteiger partial charge in [-0.1, -0.05) is 11.6 Å². The van der Waals surface area contributed by atoms with E-state index < -0.39 is 11.6 Å². The van der Waals surface area contributed by atoms with Crippen molar-refractivity contribution in [3.8, 4) is 0 Å². The molecule has 1 heterocycles. The van der Waals surface area contributed by atoms with Crippen LogP contribution in [0.15, 0.2) is 34.7 Å². The van der Waals surface area contributed by atoms with Gasteiger partial charge in [0.2, 0.25) is 5.78 Å². The summed E-state index contributed by atoms with van der Waals surface area (Å²) in [6.45, 7) is 0.280. The molecule has 0 bridgehead atoms. The summed E-state index contributed by atoms with van der Waals surface area (Å²) in [5, 5.41) is -0.0222. The molecule has 0 amide bonds. The number of halogens is 2. The van der Waals surface area contributed by atoms with Gasteiger partial charge in [-0.15, -0.1) is 0 Å². The average molecular weight is 269 g/mol. The molecule has 2 rings (SSSR count). The van der Waals surface area contributed by atoms with Crippen LogP contribution in [0.5, 0.6) is 0 Å². The number of carbonyl (C=O) groups is 1. The highest BCUT2D eigenvalue weighted by molar-refractivity contribution is 6.30. The van der Waals surface area contributed by atoms with Crippen molar-refractivity contribution in [3.05, 3.63) is 58.3 Å². The van der Waals surface area contributed by atoms with E-state index in [1.165, 1.54) is 25.3 Å². The second-order valence-corrected chi connectivity index (χ2v) is 4.06. The highest BCUT2D eigenvalue weighted by atomic mass is 35.5. The number of ketones is 1. The van der Waals surface area contributed by atoms with Crippen LogP contribution in [0.2, 0.25) is 5.02 Å². The first kappa shape index (κ1) is 12.8. The van der Waals surface area contributed by atoms with Gasteiger partial charge in [-0.3, -0.25) is 4.79 Å². The van der Waals surface area contributed by atoms with E-state index in [0.717, 1.165) is 6.07 Å². The molecule has 18 heavy (non-hydrogen) atoms. The third kappa shape index (κ3) is 2.60. The van der Waals surface area contributed by atoms with Gasteiger partial charge in [0.25, 0.3) is 0 Å². The van der Waals surface area contributed by atoms with Crippen molar-refractivity contribution in [2.45, 2.75) is 6.61 Å². The first-order valence-electron chi connectivity index (χ1n) is 5.19. The molecule has 0 unspecified atom stereocenters. The predicted octanol–water partition coefficient (Wildman–Crippen LogP) is 3.45. The number of carbonyl (C=O) groups excluding carboxylic acids is 1. The minimum atomic E-state index is -0.633. The van der Waals surface area contributed by atoms with E-state index in [1.54, 1.807) is 6.07 Å². The van der Waals surface area contributed by atoms with Crippen molar-refractivity contribution in [3.63, 3.8) is 0 Å². The van der Waals surface area contributed by atoms with Gasteiger partial charge in [0.05, 0.1) is 5.02 Å². The number of hydrogen-bond acceptors (Lipinski definition) is 3. The van der Waals surface area contributed by atoms with Crippen LogP contribution in [0.4, 0.5) is 4.39 Å². The van der Waals surface area contributed by atoms with Crippen LogP contribution in [0.3, 0.4) is 0 Å². The second kappa shape index (κ2) is 5.33. The van der Waals surface area contributed by atoms with Gasteiger partial charge in [-0.2, -0.15) is 0 Å². The fourth-order valence-corrected chi connectivity index (χ4v) is 1.62. The van der Waals surface area contributed by atoms with Gasteiger partial charge in [0.15, 0.2) is 5.76 Å². The molecule has 0 spiro atoms. The summed E-state index contributed by atoms with van der Waals surface area (Å²) in [4.78, 5) is 12.0. The Hall–Kier alpha value is -1.65. The van der Waals surface area contributed by atoms with E-state index >= 15 is 0 Å². The van der Waals surface area contributed by atoms with Crippen LogP contribution in [0.25, 0.3) is 0 Å².